The molecule has 0 aromatic heterocycles. The van der Waals surface area contributed by atoms with E-state index >= 15 is 0 Å². The van der Waals surface area contributed by atoms with Gasteiger partial charge in [-0.05, 0) is 36.5 Å². The molecule has 1 aromatic carbocycles. The predicted octanol–water partition coefficient (Wildman–Crippen LogP) is 2.24. The van der Waals surface area contributed by atoms with Crippen molar-refractivity contribution in [1.29, 1.82) is 0 Å². The number of hydrogen-bond acceptors (Lipinski definition) is 2. The summed E-state index contributed by atoms with van der Waals surface area (Å²) in [4.78, 5) is 14.0. The summed E-state index contributed by atoms with van der Waals surface area (Å²) in [5.41, 5.74) is 0.931. The van der Waals surface area contributed by atoms with Gasteiger partial charge in [-0.25, -0.2) is 4.39 Å². The van der Waals surface area contributed by atoms with Crippen molar-refractivity contribution in [2.75, 3.05) is 19.7 Å². The number of carbonyl (C=O) groups is 1. The summed E-state index contributed by atoms with van der Waals surface area (Å²) in [6.07, 6.45) is 2.08. The number of likely N-dealkylation sites (tertiary alicyclic amines) is 1. The molecule has 2 rings (SSSR count). The molecule has 3 nitrogen and oxygen atoms in total. The molecule has 0 bridgehead atoms. The molecule has 2 unspecified atom stereocenters. The maximum Gasteiger partial charge on any atom is 0.222 e. The lowest BCUT2D eigenvalue weighted by atomic mass is 9.97. The quantitative estimate of drug-likeness (QED) is 0.898. The Balaban J connectivity index is 1.82. The summed E-state index contributed by atoms with van der Waals surface area (Å²) in [5.74, 6) is 0.339. The third-order valence-electron chi connectivity index (χ3n) is 3.89. The van der Waals surface area contributed by atoms with Gasteiger partial charge in [-0.15, -0.1) is 0 Å². The second kappa shape index (κ2) is 6.84. The molecule has 1 amide bonds. The molecule has 1 fully saturated rings. The Morgan fingerprint density at radius 3 is 3.00 bits per heavy atom. The summed E-state index contributed by atoms with van der Waals surface area (Å²) in [6, 6.07) is 6.55. The van der Waals surface area contributed by atoms with Crippen molar-refractivity contribution < 1.29 is 14.3 Å². The zero-order valence-electron chi connectivity index (χ0n) is 11.9. The second-order valence-corrected chi connectivity index (χ2v) is 5.82. The summed E-state index contributed by atoms with van der Waals surface area (Å²) < 4.78 is 13.1. The van der Waals surface area contributed by atoms with Gasteiger partial charge in [0.05, 0.1) is 0 Å². The Labute approximate surface area is 119 Å². The second-order valence-electron chi connectivity index (χ2n) is 5.82. The van der Waals surface area contributed by atoms with Gasteiger partial charge >= 0.3 is 0 Å². The first-order valence-corrected chi connectivity index (χ1v) is 7.21. The van der Waals surface area contributed by atoms with Crippen molar-refractivity contribution in [2.45, 2.75) is 26.2 Å². The first-order chi connectivity index (χ1) is 9.58. The predicted molar refractivity (Wildman–Crippen MR) is 75.7 cm³/mol. The lowest BCUT2D eigenvalue weighted by molar-refractivity contribution is -0.131. The smallest absolute Gasteiger partial charge is 0.222 e. The highest BCUT2D eigenvalue weighted by molar-refractivity contribution is 5.76. The van der Waals surface area contributed by atoms with E-state index in [0.717, 1.165) is 18.5 Å². The lowest BCUT2D eigenvalue weighted by Crippen LogP contribution is -2.30. The zero-order valence-corrected chi connectivity index (χ0v) is 11.9. The fraction of sp³-hybridized carbons (Fsp3) is 0.562. The fourth-order valence-electron chi connectivity index (χ4n) is 2.77. The summed E-state index contributed by atoms with van der Waals surface area (Å²) in [6.45, 7) is 3.59. The van der Waals surface area contributed by atoms with Crippen LogP contribution in [0.1, 0.15) is 25.3 Å². The third-order valence-corrected chi connectivity index (χ3v) is 3.89. The average molecular weight is 279 g/mol. The molecule has 4 heteroatoms. The first-order valence-electron chi connectivity index (χ1n) is 7.21. The van der Waals surface area contributed by atoms with Crippen molar-refractivity contribution in [3.05, 3.63) is 35.6 Å². The van der Waals surface area contributed by atoms with Crippen LogP contribution in [-0.4, -0.2) is 35.6 Å². The van der Waals surface area contributed by atoms with Crippen LogP contribution in [0.4, 0.5) is 4.39 Å². The van der Waals surface area contributed by atoms with Gasteiger partial charge in [0.15, 0.2) is 0 Å². The minimum absolute atomic E-state index is 0.143. The fourth-order valence-corrected chi connectivity index (χ4v) is 2.77. The van der Waals surface area contributed by atoms with Crippen LogP contribution < -0.4 is 0 Å². The molecule has 0 radical (unpaired) electrons. The van der Waals surface area contributed by atoms with Crippen molar-refractivity contribution in [3.63, 3.8) is 0 Å². The lowest BCUT2D eigenvalue weighted by Gasteiger charge is -2.19. The largest absolute Gasteiger partial charge is 0.396 e. The highest BCUT2D eigenvalue weighted by Crippen LogP contribution is 2.19. The summed E-state index contributed by atoms with van der Waals surface area (Å²) in [7, 11) is 0. The van der Waals surface area contributed by atoms with Crippen molar-refractivity contribution in [2.24, 2.45) is 11.8 Å². The molecule has 1 N–H and O–H groups in total. The van der Waals surface area contributed by atoms with Gasteiger partial charge in [-0.2, -0.15) is 0 Å². The van der Waals surface area contributed by atoms with Crippen molar-refractivity contribution in [1.82, 2.24) is 4.90 Å². The standard InChI is InChI=1S/C16H22FNO2/c1-12(7-13-3-2-4-15(17)9-13)8-16(20)18-6-5-14(10-18)11-19/h2-4,9,12,14,19H,5-8,10-11H2,1H3. The topological polar surface area (TPSA) is 40.5 Å². The summed E-state index contributed by atoms with van der Waals surface area (Å²) >= 11 is 0. The molecular formula is C16H22FNO2. The van der Waals surface area contributed by atoms with E-state index in [1.807, 2.05) is 17.9 Å². The van der Waals surface area contributed by atoms with E-state index < -0.39 is 0 Å². The molecule has 1 heterocycles. The Bertz CT molecular complexity index is 464. The molecule has 1 aliphatic heterocycles. The number of rotatable bonds is 5. The molecule has 2 atom stereocenters. The van der Waals surface area contributed by atoms with Crippen molar-refractivity contribution in [3.8, 4) is 0 Å². The zero-order chi connectivity index (χ0) is 14.5. The Morgan fingerprint density at radius 2 is 2.35 bits per heavy atom. The minimum atomic E-state index is -0.230. The van der Waals surface area contributed by atoms with Crippen LogP contribution in [0.3, 0.4) is 0 Å². The minimum Gasteiger partial charge on any atom is -0.396 e. The molecule has 1 saturated heterocycles. The van der Waals surface area contributed by atoms with E-state index in [4.69, 9.17) is 5.11 Å². The normalized spacial score (nSPS) is 20.1. The number of hydrogen-bond donors (Lipinski definition) is 1. The van der Waals surface area contributed by atoms with E-state index in [0.29, 0.717) is 19.4 Å². The van der Waals surface area contributed by atoms with E-state index in [-0.39, 0.29) is 30.2 Å². The SMILES string of the molecule is CC(CC(=O)N1CCC(CO)C1)Cc1cccc(F)c1. The maximum atomic E-state index is 13.1. The van der Waals surface area contributed by atoms with Gasteiger partial charge in [-0.3, -0.25) is 4.79 Å². The van der Waals surface area contributed by atoms with Crippen LogP contribution in [0.2, 0.25) is 0 Å². The highest BCUT2D eigenvalue weighted by Gasteiger charge is 2.26. The molecule has 110 valence electrons. The molecule has 0 spiro atoms. The van der Waals surface area contributed by atoms with Crippen molar-refractivity contribution >= 4 is 5.91 Å². The van der Waals surface area contributed by atoms with Gasteiger partial charge < -0.3 is 10.0 Å². The monoisotopic (exact) mass is 279 g/mol. The van der Waals surface area contributed by atoms with E-state index in [9.17, 15) is 9.18 Å². The van der Waals surface area contributed by atoms with Gasteiger partial charge in [0.25, 0.3) is 0 Å². The van der Waals surface area contributed by atoms with Crippen LogP contribution in [0.15, 0.2) is 24.3 Å². The van der Waals surface area contributed by atoms with Crippen LogP contribution in [0.25, 0.3) is 0 Å². The molecule has 20 heavy (non-hydrogen) atoms. The average Bonchev–Trinajstić information content (AvgIpc) is 2.87. The number of aliphatic hydroxyl groups excluding tert-OH is 1. The van der Waals surface area contributed by atoms with E-state index in [1.165, 1.54) is 12.1 Å². The number of carbonyl (C=O) groups excluding carboxylic acids is 1. The van der Waals surface area contributed by atoms with Gasteiger partial charge in [0.1, 0.15) is 5.82 Å². The van der Waals surface area contributed by atoms with Crippen LogP contribution in [-0.2, 0) is 11.2 Å². The maximum absolute atomic E-state index is 13.1. The summed E-state index contributed by atoms with van der Waals surface area (Å²) in [5, 5.41) is 9.09. The molecule has 0 saturated carbocycles. The number of nitrogens with zero attached hydrogens (tertiary/aromatic N) is 1. The molecule has 1 aromatic rings. The number of aliphatic hydroxyl groups is 1. The number of benzene rings is 1. The molecule has 1 aliphatic rings. The Hall–Kier alpha value is -1.42. The highest BCUT2D eigenvalue weighted by atomic mass is 19.1. The van der Waals surface area contributed by atoms with Crippen LogP contribution >= 0.6 is 0 Å². The van der Waals surface area contributed by atoms with Crippen LogP contribution in [0.5, 0.6) is 0 Å². The first kappa shape index (κ1) is 15.0. The van der Waals surface area contributed by atoms with E-state index in [2.05, 4.69) is 0 Å². The Morgan fingerprint density at radius 1 is 1.55 bits per heavy atom. The number of amides is 1. The molecular weight excluding hydrogens is 257 g/mol. The van der Waals surface area contributed by atoms with Gasteiger partial charge in [0, 0.05) is 32.0 Å². The van der Waals surface area contributed by atoms with Gasteiger partial charge in [0.2, 0.25) is 5.91 Å². The third kappa shape index (κ3) is 4.04. The van der Waals surface area contributed by atoms with Gasteiger partial charge in [-0.1, -0.05) is 19.1 Å². The van der Waals surface area contributed by atoms with Crippen LogP contribution in [0, 0.1) is 17.7 Å². The number of halogens is 1. The van der Waals surface area contributed by atoms with E-state index in [1.54, 1.807) is 6.07 Å². The molecule has 0 aliphatic carbocycles. The Kier molecular flexibility index (Phi) is 5.12.